The predicted octanol–water partition coefficient (Wildman–Crippen LogP) is 4.73. The quantitative estimate of drug-likeness (QED) is 0.478. The lowest BCUT2D eigenvalue weighted by Gasteiger charge is -2.27. The highest BCUT2D eigenvalue weighted by molar-refractivity contribution is 6.04. The minimum absolute atomic E-state index is 0.282. The molecule has 0 aliphatic carbocycles. The molecule has 0 unspecified atom stereocenters. The first-order valence-electron chi connectivity index (χ1n) is 7.77. The molecule has 0 spiro atoms. The second kappa shape index (κ2) is 7.55. The van der Waals surface area contributed by atoms with Gasteiger partial charge >= 0.3 is 0 Å². The number of carbonyl (C=O) groups excluding carboxylic acids is 1. The van der Waals surface area contributed by atoms with Crippen LogP contribution in [0.1, 0.15) is 31.1 Å². The highest BCUT2D eigenvalue weighted by Gasteiger charge is 2.23. The van der Waals surface area contributed by atoms with Gasteiger partial charge in [0.2, 0.25) is 0 Å². The van der Waals surface area contributed by atoms with Crippen LogP contribution < -0.4 is 10.2 Å². The van der Waals surface area contributed by atoms with Crippen molar-refractivity contribution < 1.29 is 22.4 Å². The van der Waals surface area contributed by atoms with Gasteiger partial charge in [-0.05, 0) is 51.1 Å². The number of rotatable bonds is 5. The molecule has 0 radical (unpaired) electrons. The summed E-state index contributed by atoms with van der Waals surface area (Å²) in [4.78, 5) is 14.1. The van der Waals surface area contributed by atoms with Crippen LogP contribution in [0.5, 0.6) is 0 Å². The van der Waals surface area contributed by atoms with Gasteiger partial charge in [-0.2, -0.15) is 0 Å². The van der Waals surface area contributed by atoms with Gasteiger partial charge in [-0.15, -0.1) is 0 Å². The maximum atomic E-state index is 13.7. The first kappa shape index (κ1) is 18.8. The van der Waals surface area contributed by atoms with E-state index in [4.69, 9.17) is 0 Å². The monoisotopic (exact) mass is 354 g/mol. The van der Waals surface area contributed by atoms with E-state index in [9.17, 15) is 22.4 Å². The minimum atomic E-state index is -2.02. The number of hydrogen-bond donors (Lipinski definition) is 1. The maximum absolute atomic E-state index is 13.7. The fourth-order valence-electron chi connectivity index (χ4n) is 2.52. The first-order valence-corrected chi connectivity index (χ1v) is 7.77. The van der Waals surface area contributed by atoms with Crippen molar-refractivity contribution >= 4 is 17.3 Å². The van der Waals surface area contributed by atoms with Crippen molar-refractivity contribution in [3.63, 3.8) is 0 Å². The molecule has 2 aromatic rings. The van der Waals surface area contributed by atoms with E-state index >= 15 is 0 Å². The molecule has 7 heteroatoms. The lowest BCUT2D eigenvalue weighted by atomic mass is 10.1. The Kier molecular flexibility index (Phi) is 5.66. The van der Waals surface area contributed by atoms with Crippen LogP contribution in [0, 0.1) is 23.3 Å². The van der Waals surface area contributed by atoms with Crippen molar-refractivity contribution in [2.45, 2.75) is 26.8 Å². The standard InChI is InChI=1S/C18H18F4N2O/c1-4-24(10(2)3)12-7-5-11(6-8-12)23-18(25)13-9-14(19)16(21)17(22)15(13)20/h5-10H,4H2,1-3H3,(H,23,25). The summed E-state index contributed by atoms with van der Waals surface area (Å²) in [5, 5.41) is 2.33. The predicted molar refractivity (Wildman–Crippen MR) is 88.8 cm³/mol. The van der Waals surface area contributed by atoms with E-state index < -0.39 is 34.7 Å². The molecule has 0 aliphatic rings. The Bertz CT molecular complexity index is 776. The molecule has 2 rings (SSSR count). The summed E-state index contributed by atoms with van der Waals surface area (Å²) >= 11 is 0. The topological polar surface area (TPSA) is 32.3 Å². The molecule has 3 nitrogen and oxygen atoms in total. The Morgan fingerprint density at radius 1 is 1.04 bits per heavy atom. The summed E-state index contributed by atoms with van der Waals surface area (Å²) in [6.45, 7) is 6.89. The van der Waals surface area contributed by atoms with Crippen molar-refractivity contribution in [3.05, 3.63) is 59.2 Å². The molecule has 134 valence electrons. The average Bonchev–Trinajstić information content (AvgIpc) is 2.58. The molecule has 0 saturated heterocycles. The Hall–Kier alpha value is -2.57. The van der Waals surface area contributed by atoms with E-state index in [2.05, 4.69) is 10.2 Å². The zero-order valence-corrected chi connectivity index (χ0v) is 14.0. The van der Waals surface area contributed by atoms with Gasteiger partial charge in [0, 0.05) is 24.0 Å². The van der Waals surface area contributed by atoms with Gasteiger partial charge in [-0.25, -0.2) is 17.6 Å². The molecule has 1 N–H and O–H groups in total. The SMILES string of the molecule is CCN(c1ccc(NC(=O)c2cc(F)c(F)c(F)c2F)cc1)C(C)C. The number of benzene rings is 2. The van der Waals surface area contributed by atoms with Crippen LogP contribution >= 0.6 is 0 Å². The Morgan fingerprint density at radius 3 is 2.16 bits per heavy atom. The molecule has 0 bridgehead atoms. The van der Waals surface area contributed by atoms with E-state index in [1.54, 1.807) is 24.3 Å². The summed E-state index contributed by atoms with van der Waals surface area (Å²) in [5.41, 5.74) is 0.344. The van der Waals surface area contributed by atoms with E-state index in [0.29, 0.717) is 11.8 Å². The van der Waals surface area contributed by atoms with Crippen LogP contribution in [0.2, 0.25) is 0 Å². The van der Waals surface area contributed by atoms with Crippen molar-refractivity contribution in [2.75, 3.05) is 16.8 Å². The first-order chi connectivity index (χ1) is 11.8. The van der Waals surface area contributed by atoms with E-state index in [1.807, 2.05) is 20.8 Å². The Labute approximate surface area is 143 Å². The molecule has 0 saturated carbocycles. The molecule has 0 aliphatic heterocycles. The van der Waals surface area contributed by atoms with Crippen LogP contribution in [0.4, 0.5) is 28.9 Å². The van der Waals surface area contributed by atoms with Crippen molar-refractivity contribution in [1.82, 2.24) is 0 Å². The molecule has 0 atom stereocenters. The van der Waals surface area contributed by atoms with E-state index in [1.165, 1.54) is 0 Å². The van der Waals surface area contributed by atoms with Gasteiger partial charge < -0.3 is 10.2 Å². The van der Waals surface area contributed by atoms with Crippen molar-refractivity contribution in [1.29, 1.82) is 0 Å². The number of nitrogens with zero attached hydrogens (tertiary/aromatic N) is 1. The molecule has 0 aromatic heterocycles. The van der Waals surface area contributed by atoms with Gasteiger partial charge in [0.15, 0.2) is 23.3 Å². The number of hydrogen-bond acceptors (Lipinski definition) is 2. The number of halogens is 4. The summed E-state index contributed by atoms with van der Waals surface area (Å²) in [6.07, 6.45) is 0. The largest absolute Gasteiger partial charge is 0.369 e. The number of amides is 1. The van der Waals surface area contributed by atoms with E-state index in [0.717, 1.165) is 12.2 Å². The minimum Gasteiger partial charge on any atom is -0.369 e. The molecule has 0 heterocycles. The number of anilines is 2. The fourth-order valence-corrected chi connectivity index (χ4v) is 2.52. The zero-order valence-electron chi connectivity index (χ0n) is 14.0. The molecule has 1 amide bonds. The van der Waals surface area contributed by atoms with Crippen molar-refractivity contribution in [3.8, 4) is 0 Å². The normalized spacial score (nSPS) is 10.9. The van der Waals surface area contributed by atoms with Crippen LogP contribution in [0.3, 0.4) is 0 Å². The third-order valence-corrected chi connectivity index (χ3v) is 3.77. The van der Waals surface area contributed by atoms with Gasteiger partial charge in [0.05, 0.1) is 5.56 Å². The molecular formula is C18H18F4N2O. The van der Waals surface area contributed by atoms with Crippen LogP contribution in [-0.2, 0) is 0 Å². The lowest BCUT2D eigenvalue weighted by Crippen LogP contribution is -2.30. The highest BCUT2D eigenvalue weighted by Crippen LogP contribution is 2.22. The van der Waals surface area contributed by atoms with Gasteiger partial charge in [0.1, 0.15) is 0 Å². The van der Waals surface area contributed by atoms with Gasteiger partial charge in [-0.1, -0.05) is 0 Å². The van der Waals surface area contributed by atoms with Gasteiger partial charge in [0.25, 0.3) is 5.91 Å². The smallest absolute Gasteiger partial charge is 0.258 e. The summed E-state index contributed by atoms with van der Waals surface area (Å²) in [6, 6.07) is 7.32. The van der Waals surface area contributed by atoms with Crippen LogP contribution in [0.15, 0.2) is 30.3 Å². The van der Waals surface area contributed by atoms with Crippen molar-refractivity contribution in [2.24, 2.45) is 0 Å². The second-order valence-corrected chi connectivity index (χ2v) is 5.73. The third kappa shape index (κ3) is 3.92. The zero-order chi connectivity index (χ0) is 18.7. The maximum Gasteiger partial charge on any atom is 0.258 e. The number of nitrogens with one attached hydrogen (secondary N) is 1. The number of carbonyl (C=O) groups is 1. The third-order valence-electron chi connectivity index (χ3n) is 3.77. The Morgan fingerprint density at radius 2 is 1.64 bits per heavy atom. The molecule has 25 heavy (non-hydrogen) atoms. The summed E-state index contributed by atoms with van der Waals surface area (Å²) in [5.74, 6) is -8.40. The van der Waals surface area contributed by atoms with E-state index in [-0.39, 0.29) is 6.04 Å². The second-order valence-electron chi connectivity index (χ2n) is 5.73. The lowest BCUT2D eigenvalue weighted by molar-refractivity contribution is 0.102. The molecule has 2 aromatic carbocycles. The summed E-state index contributed by atoms with van der Waals surface area (Å²) in [7, 11) is 0. The summed E-state index contributed by atoms with van der Waals surface area (Å²) < 4.78 is 53.0. The van der Waals surface area contributed by atoms with Crippen LogP contribution in [-0.4, -0.2) is 18.5 Å². The van der Waals surface area contributed by atoms with Crippen LogP contribution in [0.25, 0.3) is 0 Å². The van der Waals surface area contributed by atoms with Gasteiger partial charge in [-0.3, -0.25) is 4.79 Å². The fraction of sp³-hybridized carbons (Fsp3) is 0.278. The molecule has 0 fully saturated rings. The molecular weight excluding hydrogens is 336 g/mol. The Balaban J connectivity index is 2.22. The highest BCUT2D eigenvalue weighted by atomic mass is 19.2. The average molecular weight is 354 g/mol.